The lowest BCUT2D eigenvalue weighted by molar-refractivity contribution is 0.0950. The number of carbonyl (C=O) groups excluding carboxylic acids is 1. The molecule has 0 unspecified atom stereocenters. The summed E-state index contributed by atoms with van der Waals surface area (Å²) in [6, 6.07) is 6.21. The van der Waals surface area contributed by atoms with E-state index in [-0.39, 0.29) is 23.9 Å². The van der Waals surface area contributed by atoms with Gasteiger partial charge in [0, 0.05) is 41.3 Å². The first-order valence-corrected chi connectivity index (χ1v) is 10.7. The van der Waals surface area contributed by atoms with Crippen molar-refractivity contribution in [3.05, 3.63) is 62.1 Å². The number of pyridine rings is 1. The van der Waals surface area contributed by atoms with Gasteiger partial charge in [0.2, 0.25) is 0 Å². The quantitative estimate of drug-likeness (QED) is 0.511. The molecule has 0 saturated heterocycles. The third-order valence-corrected chi connectivity index (χ3v) is 5.89. The van der Waals surface area contributed by atoms with E-state index in [0.717, 1.165) is 35.3 Å². The maximum Gasteiger partial charge on any atom is 0.253 e. The van der Waals surface area contributed by atoms with Crippen molar-refractivity contribution in [3.8, 4) is 0 Å². The Morgan fingerprint density at radius 2 is 1.93 bits per heavy atom. The highest BCUT2D eigenvalue weighted by Gasteiger charge is 2.21. The summed E-state index contributed by atoms with van der Waals surface area (Å²) in [5.74, 6) is -0.0208. The summed E-state index contributed by atoms with van der Waals surface area (Å²) in [4.78, 5) is 28.2. The molecule has 1 amide bonds. The predicted molar refractivity (Wildman–Crippen MR) is 122 cm³/mol. The van der Waals surface area contributed by atoms with Gasteiger partial charge in [-0.1, -0.05) is 26.7 Å². The van der Waals surface area contributed by atoms with Crippen molar-refractivity contribution >= 4 is 17.8 Å². The van der Waals surface area contributed by atoms with Gasteiger partial charge in [0.25, 0.3) is 11.5 Å². The zero-order chi connectivity index (χ0) is 21.8. The van der Waals surface area contributed by atoms with Crippen LogP contribution in [0.2, 0.25) is 0 Å². The van der Waals surface area contributed by atoms with Crippen molar-refractivity contribution < 1.29 is 4.79 Å². The fraction of sp³-hybridized carbons (Fsp3) is 0.458. The molecule has 1 saturated carbocycles. The second-order valence-electron chi connectivity index (χ2n) is 8.58. The zero-order valence-electron chi connectivity index (χ0n) is 18.3. The van der Waals surface area contributed by atoms with Gasteiger partial charge in [0.15, 0.2) is 0 Å². The molecule has 6 heteroatoms. The van der Waals surface area contributed by atoms with E-state index < -0.39 is 0 Å². The van der Waals surface area contributed by atoms with Gasteiger partial charge in [-0.2, -0.15) is 0 Å². The molecule has 1 aliphatic carbocycles. The molecule has 2 aromatic rings. The van der Waals surface area contributed by atoms with Crippen molar-refractivity contribution in [1.29, 1.82) is 5.41 Å². The lowest BCUT2D eigenvalue weighted by Crippen LogP contribution is -2.29. The van der Waals surface area contributed by atoms with E-state index in [1.165, 1.54) is 19.1 Å². The molecule has 3 rings (SSSR count). The average molecular weight is 409 g/mol. The van der Waals surface area contributed by atoms with Crippen molar-refractivity contribution in [2.45, 2.75) is 71.9 Å². The van der Waals surface area contributed by atoms with E-state index in [4.69, 9.17) is 5.41 Å². The van der Waals surface area contributed by atoms with E-state index >= 15 is 0 Å². The summed E-state index contributed by atoms with van der Waals surface area (Å²) in [6.45, 7) is 8.04. The number of rotatable bonds is 7. The fourth-order valence-electron chi connectivity index (χ4n) is 4.13. The highest BCUT2D eigenvalue weighted by Crippen LogP contribution is 2.29. The second-order valence-corrected chi connectivity index (χ2v) is 8.58. The summed E-state index contributed by atoms with van der Waals surface area (Å²) >= 11 is 0. The van der Waals surface area contributed by atoms with Crippen molar-refractivity contribution in [2.75, 3.05) is 5.32 Å². The van der Waals surface area contributed by atoms with Crippen LogP contribution in [0.3, 0.4) is 0 Å². The van der Waals surface area contributed by atoms with Crippen molar-refractivity contribution in [3.63, 3.8) is 0 Å². The van der Waals surface area contributed by atoms with Gasteiger partial charge in [0.1, 0.15) is 0 Å². The second kappa shape index (κ2) is 9.28. The molecule has 6 nitrogen and oxygen atoms in total. The molecule has 1 fully saturated rings. The van der Waals surface area contributed by atoms with Crippen molar-refractivity contribution in [2.24, 2.45) is 0 Å². The molecule has 0 aliphatic heterocycles. The first-order chi connectivity index (χ1) is 14.3. The minimum atomic E-state index is -0.273. The van der Waals surface area contributed by atoms with Crippen LogP contribution in [-0.2, 0) is 6.54 Å². The van der Waals surface area contributed by atoms with Crippen LogP contribution in [0.15, 0.2) is 23.0 Å². The molecule has 0 radical (unpaired) electrons. The van der Waals surface area contributed by atoms with Gasteiger partial charge < -0.3 is 21.0 Å². The van der Waals surface area contributed by atoms with Gasteiger partial charge >= 0.3 is 0 Å². The van der Waals surface area contributed by atoms with Crippen LogP contribution in [-0.4, -0.2) is 23.1 Å². The Bertz CT molecular complexity index is 1000. The highest BCUT2D eigenvalue weighted by molar-refractivity contribution is 6.05. The number of carbonyl (C=O) groups is 1. The lowest BCUT2D eigenvalue weighted by atomic mass is 9.95. The van der Waals surface area contributed by atoms with E-state index in [1.807, 2.05) is 26.0 Å². The van der Waals surface area contributed by atoms with Crippen LogP contribution in [0, 0.1) is 19.3 Å². The van der Waals surface area contributed by atoms with Crippen LogP contribution >= 0.6 is 0 Å². The third kappa shape index (κ3) is 4.81. The first-order valence-electron chi connectivity index (χ1n) is 10.7. The van der Waals surface area contributed by atoms with E-state index in [0.29, 0.717) is 22.7 Å². The molecular weight excluding hydrogens is 376 g/mol. The Kier molecular flexibility index (Phi) is 6.75. The fourth-order valence-corrected chi connectivity index (χ4v) is 4.13. The summed E-state index contributed by atoms with van der Waals surface area (Å²) in [5.41, 5.74) is 4.98. The molecule has 1 aromatic heterocycles. The average Bonchev–Trinajstić information content (AvgIpc) is 3.19. The maximum atomic E-state index is 13.1. The SMILES string of the molecule is Cc1cc(C)c(CNC(=O)c2cc(C(C)C)cc(NC3CCCC3)c2C=N)c(=O)[nH]1. The Morgan fingerprint density at radius 1 is 1.23 bits per heavy atom. The van der Waals surface area contributed by atoms with Gasteiger partial charge in [0.05, 0.1) is 5.56 Å². The van der Waals surface area contributed by atoms with Crippen LogP contribution < -0.4 is 16.2 Å². The summed E-state index contributed by atoms with van der Waals surface area (Å²) < 4.78 is 0. The molecule has 1 aromatic carbocycles. The molecule has 30 heavy (non-hydrogen) atoms. The molecule has 0 bridgehead atoms. The number of nitrogens with one attached hydrogen (secondary N) is 4. The smallest absolute Gasteiger partial charge is 0.253 e. The highest BCUT2D eigenvalue weighted by atomic mass is 16.1. The first kappa shape index (κ1) is 21.8. The minimum absolute atomic E-state index is 0.148. The summed E-state index contributed by atoms with van der Waals surface area (Å²) in [5, 5.41) is 14.4. The number of aromatic nitrogens is 1. The number of aryl methyl sites for hydroxylation is 2. The summed E-state index contributed by atoms with van der Waals surface area (Å²) in [6.07, 6.45) is 5.89. The molecule has 1 heterocycles. The largest absolute Gasteiger partial charge is 0.382 e. The number of benzene rings is 1. The minimum Gasteiger partial charge on any atom is -0.382 e. The number of aromatic amines is 1. The van der Waals surface area contributed by atoms with Gasteiger partial charge in [-0.05, 0) is 61.9 Å². The Morgan fingerprint density at radius 3 is 2.53 bits per heavy atom. The third-order valence-electron chi connectivity index (χ3n) is 5.89. The number of anilines is 1. The topological polar surface area (TPSA) is 97.8 Å². The molecule has 0 spiro atoms. The summed E-state index contributed by atoms with van der Waals surface area (Å²) in [7, 11) is 0. The monoisotopic (exact) mass is 408 g/mol. The molecule has 4 N–H and O–H groups in total. The number of hydrogen-bond acceptors (Lipinski definition) is 4. The van der Waals surface area contributed by atoms with Gasteiger partial charge in [-0.15, -0.1) is 0 Å². The molecule has 0 atom stereocenters. The molecular formula is C24H32N4O2. The van der Waals surface area contributed by atoms with Crippen molar-refractivity contribution in [1.82, 2.24) is 10.3 Å². The zero-order valence-corrected chi connectivity index (χ0v) is 18.3. The predicted octanol–water partition coefficient (Wildman–Crippen LogP) is 4.40. The number of amides is 1. The van der Waals surface area contributed by atoms with Crippen LogP contribution in [0.1, 0.15) is 83.8 Å². The molecule has 1 aliphatic rings. The van der Waals surface area contributed by atoms with Crippen LogP contribution in [0.5, 0.6) is 0 Å². The standard InChI is InChI=1S/C24H32N4O2/c1-14(2)17-10-19(20(12-25)22(11-17)28-18-7-5-6-8-18)23(29)26-13-21-15(3)9-16(4)27-24(21)30/h9-12,14,18,25,28H,5-8,13H2,1-4H3,(H,26,29)(H,27,30). The van der Waals surface area contributed by atoms with Gasteiger partial charge in [-0.25, -0.2) is 0 Å². The van der Waals surface area contributed by atoms with E-state index in [2.05, 4.69) is 35.5 Å². The van der Waals surface area contributed by atoms with E-state index in [1.54, 1.807) is 0 Å². The Hall–Kier alpha value is -2.89. The van der Waals surface area contributed by atoms with Crippen LogP contribution in [0.4, 0.5) is 5.69 Å². The molecule has 160 valence electrons. The Balaban J connectivity index is 1.91. The number of H-pyrrole nitrogens is 1. The van der Waals surface area contributed by atoms with Crippen LogP contribution in [0.25, 0.3) is 0 Å². The lowest BCUT2D eigenvalue weighted by Gasteiger charge is -2.20. The number of hydrogen-bond donors (Lipinski definition) is 4. The Labute approximate surface area is 178 Å². The normalized spacial score (nSPS) is 14.2. The van der Waals surface area contributed by atoms with E-state index in [9.17, 15) is 9.59 Å². The van der Waals surface area contributed by atoms with Gasteiger partial charge in [-0.3, -0.25) is 9.59 Å². The maximum absolute atomic E-state index is 13.1.